The van der Waals surface area contributed by atoms with E-state index in [-0.39, 0.29) is 0 Å². The van der Waals surface area contributed by atoms with Crippen LogP contribution in [-0.2, 0) is 4.79 Å². The van der Waals surface area contributed by atoms with Crippen molar-refractivity contribution in [2.75, 3.05) is 0 Å². The molecular formula is C10H8FN2O. The number of benzene rings is 1. The molecule has 0 fully saturated rings. The molecule has 0 aromatic heterocycles. The van der Waals surface area contributed by atoms with Crippen molar-refractivity contribution in [3.63, 3.8) is 0 Å². The first-order chi connectivity index (χ1) is 6.59. The van der Waals surface area contributed by atoms with Crippen LogP contribution in [0.25, 0.3) is 5.57 Å². The molecule has 1 radical (unpaired) electrons. The molecule has 3 nitrogen and oxygen atoms in total. The zero-order chi connectivity index (χ0) is 10.3. The largest absolute Gasteiger partial charge is 0.366 e. The monoisotopic (exact) mass is 191 g/mol. The van der Waals surface area contributed by atoms with Gasteiger partial charge in [0.25, 0.3) is 5.91 Å². The molecule has 0 atom stereocenters. The Morgan fingerprint density at radius 3 is 2.86 bits per heavy atom. The summed E-state index contributed by atoms with van der Waals surface area (Å²) in [6, 6.07) is 4.11. The maximum absolute atomic E-state index is 12.9. The highest BCUT2D eigenvalue weighted by Gasteiger charge is 2.24. The van der Waals surface area contributed by atoms with Gasteiger partial charge >= 0.3 is 0 Å². The number of amides is 1. The molecule has 14 heavy (non-hydrogen) atoms. The topological polar surface area (TPSA) is 57.2 Å². The number of halogens is 1. The molecule has 71 valence electrons. The molecule has 1 aromatic carbocycles. The van der Waals surface area contributed by atoms with Crippen molar-refractivity contribution in [1.82, 2.24) is 5.32 Å². The van der Waals surface area contributed by atoms with Crippen LogP contribution in [0.5, 0.6) is 0 Å². The minimum Gasteiger partial charge on any atom is -0.366 e. The van der Waals surface area contributed by atoms with Crippen molar-refractivity contribution < 1.29 is 9.18 Å². The standard InChI is InChI=1S/C10H8FN2O/c1-5-9(10(12)14)7-4-6(11)2-3-8(7)13-5/h2-4H,1H3,(H2,12,14). The number of hydrogen-bond acceptors (Lipinski definition) is 1. The van der Waals surface area contributed by atoms with Crippen molar-refractivity contribution in [2.45, 2.75) is 6.92 Å². The summed E-state index contributed by atoms with van der Waals surface area (Å²) in [5.41, 5.74) is 7.10. The highest BCUT2D eigenvalue weighted by Crippen LogP contribution is 2.34. The summed E-state index contributed by atoms with van der Waals surface area (Å²) in [5, 5.41) is 4.11. The van der Waals surface area contributed by atoms with Crippen LogP contribution in [0.1, 0.15) is 12.5 Å². The lowest BCUT2D eigenvalue weighted by Crippen LogP contribution is -2.13. The molecule has 1 aliphatic rings. The lowest BCUT2D eigenvalue weighted by atomic mass is 10.1. The van der Waals surface area contributed by atoms with Crippen LogP contribution in [0.3, 0.4) is 0 Å². The van der Waals surface area contributed by atoms with Crippen LogP contribution >= 0.6 is 0 Å². The van der Waals surface area contributed by atoms with Gasteiger partial charge in [0.15, 0.2) is 0 Å². The zero-order valence-electron chi connectivity index (χ0n) is 7.54. The molecule has 0 spiro atoms. The molecular weight excluding hydrogens is 183 g/mol. The first-order valence-corrected chi connectivity index (χ1v) is 4.12. The fourth-order valence-electron chi connectivity index (χ4n) is 1.55. The predicted octanol–water partition coefficient (Wildman–Crippen LogP) is 1.29. The van der Waals surface area contributed by atoms with Gasteiger partial charge in [-0.25, -0.2) is 4.39 Å². The van der Waals surface area contributed by atoms with E-state index in [1.54, 1.807) is 6.92 Å². The van der Waals surface area contributed by atoms with Crippen molar-refractivity contribution in [3.8, 4) is 0 Å². The van der Waals surface area contributed by atoms with E-state index in [1.807, 2.05) is 0 Å². The number of carbonyl (C=O) groups excluding carboxylic acids is 1. The minimum absolute atomic E-state index is 0.305. The van der Waals surface area contributed by atoms with Crippen LogP contribution < -0.4 is 11.1 Å². The Bertz CT molecular complexity index is 451. The third-order valence-corrected chi connectivity index (χ3v) is 2.12. The molecule has 2 N–H and O–H groups in total. The maximum Gasteiger partial charge on any atom is 0.251 e. The third kappa shape index (κ3) is 1.16. The van der Waals surface area contributed by atoms with Crippen LogP contribution in [-0.4, -0.2) is 5.91 Å². The van der Waals surface area contributed by atoms with E-state index in [0.29, 0.717) is 22.5 Å². The Hall–Kier alpha value is -1.84. The fourth-order valence-corrected chi connectivity index (χ4v) is 1.55. The number of nitrogens with two attached hydrogens (primary N) is 1. The predicted molar refractivity (Wildman–Crippen MR) is 50.0 cm³/mol. The van der Waals surface area contributed by atoms with Gasteiger partial charge in [-0.2, -0.15) is 0 Å². The Labute approximate surface area is 80.4 Å². The molecule has 4 heteroatoms. The van der Waals surface area contributed by atoms with Crippen molar-refractivity contribution in [3.05, 3.63) is 35.3 Å². The molecule has 0 bridgehead atoms. The molecule has 0 aliphatic carbocycles. The second-order valence-corrected chi connectivity index (χ2v) is 3.10. The highest BCUT2D eigenvalue weighted by atomic mass is 19.1. The summed E-state index contributed by atoms with van der Waals surface area (Å²) >= 11 is 0. The molecule has 1 aromatic rings. The summed E-state index contributed by atoms with van der Waals surface area (Å²) in [4.78, 5) is 11.1. The number of allylic oxidation sites excluding steroid dienone is 1. The zero-order valence-corrected chi connectivity index (χ0v) is 7.54. The Balaban J connectivity index is 2.61. The van der Waals surface area contributed by atoms with Crippen molar-refractivity contribution >= 4 is 17.2 Å². The van der Waals surface area contributed by atoms with Gasteiger partial charge in [0.2, 0.25) is 0 Å². The second-order valence-electron chi connectivity index (χ2n) is 3.10. The lowest BCUT2D eigenvalue weighted by Gasteiger charge is -1.99. The average molecular weight is 191 g/mol. The fraction of sp³-hybridized carbons (Fsp3) is 0.100. The van der Waals surface area contributed by atoms with E-state index >= 15 is 0 Å². The summed E-state index contributed by atoms with van der Waals surface area (Å²) in [6.45, 7) is 1.68. The smallest absolute Gasteiger partial charge is 0.251 e. The van der Waals surface area contributed by atoms with Gasteiger partial charge in [0.05, 0.1) is 17.0 Å². The third-order valence-electron chi connectivity index (χ3n) is 2.12. The van der Waals surface area contributed by atoms with E-state index in [2.05, 4.69) is 5.32 Å². The molecule has 1 aliphatic heterocycles. The molecule has 0 unspecified atom stereocenters. The summed E-state index contributed by atoms with van der Waals surface area (Å²) in [6.07, 6.45) is 0. The van der Waals surface area contributed by atoms with E-state index in [4.69, 9.17) is 5.73 Å². The SMILES string of the molecule is CC1=C(C(N)=O)c2cc(F)ccc2[N]1. The molecule has 2 rings (SSSR count). The molecule has 1 heterocycles. The Kier molecular flexibility index (Phi) is 1.77. The molecule has 0 saturated heterocycles. The van der Waals surface area contributed by atoms with Gasteiger partial charge in [-0.1, -0.05) is 0 Å². The first-order valence-electron chi connectivity index (χ1n) is 4.12. The van der Waals surface area contributed by atoms with Crippen LogP contribution in [0.2, 0.25) is 0 Å². The van der Waals surface area contributed by atoms with E-state index in [9.17, 15) is 9.18 Å². The van der Waals surface area contributed by atoms with Gasteiger partial charge in [-0.05, 0) is 25.1 Å². The number of primary amides is 1. The Morgan fingerprint density at radius 1 is 1.50 bits per heavy atom. The number of fused-ring (bicyclic) bond motifs is 1. The maximum atomic E-state index is 12.9. The minimum atomic E-state index is -0.574. The van der Waals surface area contributed by atoms with Gasteiger partial charge in [0, 0.05) is 5.56 Å². The number of nitrogens with zero attached hydrogens (tertiary/aromatic N) is 1. The summed E-state index contributed by atoms with van der Waals surface area (Å²) < 4.78 is 12.9. The summed E-state index contributed by atoms with van der Waals surface area (Å²) in [5.74, 6) is -0.969. The quantitative estimate of drug-likeness (QED) is 0.714. The lowest BCUT2D eigenvalue weighted by molar-refractivity contribution is -0.112. The number of carbonyl (C=O) groups is 1. The van der Waals surface area contributed by atoms with E-state index < -0.39 is 11.7 Å². The van der Waals surface area contributed by atoms with E-state index in [1.165, 1.54) is 18.2 Å². The van der Waals surface area contributed by atoms with Crippen LogP contribution in [0.15, 0.2) is 23.9 Å². The van der Waals surface area contributed by atoms with Crippen molar-refractivity contribution in [2.24, 2.45) is 5.73 Å². The van der Waals surface area contributed by atoms with Gasteiger partial charge < -0.3 is 5.73 Å². The summed E-state index contributed by atoms with van der Waals surface area (Å²) in [7, 11) is 0. The Morgan fingerprint density at radius 2 is 2.21 bits per heavy atom. The normalized spacial score (nSPS) is 13.9. The number of hydrogen-bond donors (Lipinski definition) is 1. The number of rotatable bonds is 1. The van der Waals surface area contributed by atoms with Gasteiger partial charge in [0.1, 0.15) is 5.82 Å². The van der Waals surface area contributed by atoms with E-state index in [0.717, 1.165) is 0 Å². The van der Waals surface area contributed by atoms with Crippen LogP contribution in [0.4, 0.5) is 10.1 Å². The second kappa shape index (κ2) is 2.83. The van der Waals surface area contributed by atoms with Crippen LogP contribution in [0, 0.1) is 5.82 Å². The average Bonchev–Trinajstić information content (AvgIpc) is 2.40. The van der Waals surface area contributed by atoms with Gasteiger partial charge in [-0.15, -0.1) is 0 Å². The molecule has 0 saturated carbocycles. The highest BCUT2D eigenvalue weighted by molar-refractivity contribution is 6.22. The van der Waals surface area contributed by atoms with Gasteiger partial charge in [-0.3, -0.25) is 10.1 Å². The van der Waals surface area contributed by atoms with Crippen molar-refractivity contribution in [1.29, 1.82) is 0 Å². The first kappa shape index (κ1) is 8.74. The molecule has 1 amide bonds.